The van der Waals surface area contributed by atoms with Crippen LogP contribution in [0.1, 0.15) is 121 Å². The molecule has 250 valence electrons. The van der Waals surface area contributed by atoms with Crippen LogP contribution in [-0.4, -0.2) is 25.4 Å². The van der Waals surface area contributed by atoms with Crippen molar-refractivity contribution in [2.45, 2.75) is 132 Å². The molecule has 2 nitrogen and oxygen atoms in total. The van der Waals surface area contributed by atoms with Crippen LogP contribution in [0.25, 0.3) is 0 Å². The van der Waals surface area contributed by atoms with Crippen LogP contribution in [0.5, 0.6) is 0 Å². The van der Waals surface area contributed by atoms with Gasteiger partial charge >= 0.3 is 0 Å². The van der Waals surface area contributed by atoms with Gasteiger partial charge in [-0.25, -0.2) is 0 Å². The first-order valence-electron chi connectivity index (χ1n) is 17.1. The van der Waals surface area contributed by atoms with Crippen molar-refractivity contribution in [1.82, 2.24) is 0 Å². The minimum atomic E-state index is -0.104. The third-order valence-corrected chi connectivity index (χ3v) is 8.24. The second kappa shape index (κ2) is 24.1. The Morgan fingerprint density at radius 3 is 1.59 bits per heavy atom. The number of rotatable bonds is 23. The molecular formula is C42H70O2. The van der Waals surface area contributed by atoms with E-state index in [9.17, 15) is 0 Å². The molecule has 0 aliphatic heterocycles. The summed E-state index contributed by atoms with van der Waals surface area (Å²) in [5.41, 5.74) is 2.33. The highest BCUT2D eigenvalue weighted by atomic mass is 16.5. The Hall–Kier alpha value is -2.16. The maximum absolute atomic E-state index is 5.47. The molecule has 0 fully saturated rings. The van der Waals surface area contributed by atoms with Crippen molar-refractivity contribution in [2.24, 2.45) is 23.7 Å². The van der Waals surface area contributed by atoms with Gasteiger partial charge < -0.3 is 9.47 Å². The molecule has 0 aromatic carbocycles. The molecule has 0 bridgehead atoms. The average molecular weight is 607 g/mol. The molecule has 0 aliphatic carbocycles. The summed E-state index contributed by atoms with van der Waals surface area (Å²) in [5.74, 6) is 2.49. The summed E-state index contributed by atoms with van der Waals surface area (Å²) in [6, 6.07) is 0. The van der Waals surface area contributed by atoms with E-state index in [1.807, 2.05) is 0 Å². The van der Waals surface area contributed by atoms with Gasteiger partial charge in [0.15, 0.2) is 0 Å². The Labute approximate surface area is 274 Å². The van der Waals surface area contributed by atoms with E-state index < -0.39 is 0 Å². The van der Waals surface area contributed by atoms with Gasteiger partial charge in [0, 0.05) is 14.2 Å². The lowest BCUT2D eigenvalue weighted by Crippen LogP contribution is -2.20. The predicted molar refractivity (Wildman–Crippen MR) is 198 cm³/mol. The Kier molecular flexibility index (Phi) is 22.9. The van der Waals surface area contributed by atoms with Crippen LogP contribution in [0.15, 0.2) is 96.2 Å². The first-order chi connectivity index (χ1) is 20.7. The van der Waals surface area contributed by atoms with Crippen LogP contribution in [0, 0.1) is 23.7 Å². The number of hydrogen-bond acceptors (Lipinski definition) is 2. The van der Waals surface area contributed by atoms with Gasteiger partial charge in [0.25, 0.3) is 0 Å². The first-order valence-corrected chi connectivity index (χ1v) is 17.1. The molecule has 0 aliphatic rings. The van der Waals surface area contributed by atoms with E-state index in [0.717, 1.165) is 31.6 Å². The molecule has 0 radical (unpaired) electrons. The number of allylic oxidation sites excluding steroid dienone is 14. The lowest BCUT2D eigenvalue weighted by molar-refractivity contribution is 0.0252. The SMILES string of the molecule is COC(C)(C)C/C=C/C(C)=C/C=C/C(C)/C=C/CC(C)C/C=C/CC(C)CCCC(C)/C=C/C=C(C)/C=C/CC(C)(C)OC. The van der Waals surface area contributed by atoms with Crippen LogP contribution in [0.4, 0.5) is 0 Å². The summed E-state index contributed by atoms with van der Waals surface area (Å²) in [7, 11) is 3.54. The zero-order valence-electron chi connectivity index (χ0n) is 30.9. The van der Waals surface area contributed by atoms with Crippen LogP contribution in [-0.2, 0) is 9.47 Å². The summed E-state index contributed by atoms with van der Waals surface area (Å²) in [5, 5.41) is 0. The number of hydrogen-bond donors (Lipinski definition) is 0. The van der Waals surface area contributed by atoms with Gasteiger partial charge in [-0.15, -0.1) is 0 Å². The van der Waals surface area contributed by atoms with Gasteiger partial charge in [-0.1, -0.05) is 137 Å². The highest BCUT2D eigenvalue weighted by molar-refractivity contribution is 5.23. The third kappa shape index (κ3) is 25.2. The van der Waals surface area contributed by atoms with Gasteiger partial charge in [-0.05, 0) is 104 Å². The van der Waals surface area contributed by atoms with E-state index in [2.05, 4.69) is 154 Å². The fourth-order valence-electron chi connectivity index (χ4n) is 4.46. The summed E-state index contributed by atoms with van der Waals surface area (Å²) in [6.07, 6.45) is 40.8. The molecule has 0 saturated heterocycles. The van der Waals surface area contributed by atoms with E-state index in [-0.39, 0.29) is 11.2 Å². The second-order valence-corrected chi connectivity index (χ2v) is 14.3. The van der Waals surface area contributed by atoms with Crippen LogP contribution in [0.2, 0.25) is 0 Å². The average Bonchev–Trinajstić information content (AvgIpc) is 2.95. The van der Waals surface area contributed by atoms with E-state index in [1.54, 1.807) is 14.2 Å². The molecule has 0 heterocycles. The second-order valence-electron chi connectivity index (χ2n) is 14.3. The van der Waals surface area contributed by atoms with Crippen molar-refractivity contribution < 1.29 is 9.47 Å². The standard InChI is InChI=1S/C42H70O2/c1-35(23-15-25-37(3)27-17-29-39(5)31-19-33-41(7,8)43-11)21-13-14-22-36(2)24-16-26-38(4)28-18-30-40(6)32-20-34-42(9,10)44-12/h13-15,17-20,25,27-32,35-38H,16,21-24,26,33-34H2,1-12H3/b14-13+,25-15+,27-17+,28-18+,31-19+,32-20+,39-29+,40-30+. The normalized spacial score (nSPS) is 17.4. The number of ether oxygens (including phenoxy) is 2. The van der Waals surface area contributed by atoms with Crippen molar-refractivity contribution in [3.63, 3.8) is 0 Å². The summed E-state index contributed by atoms with van der Waals surface area (Å²) >= 11 is 0. The van der Waals surface area contributed by atoms with E-state index in [0.29, 0.717) is 17.8 Å². The third-order valence-electron chi connectivity index (χ3n) is 8.24. The highest BCUT2D eigenvalue weighted by Gasteiger charge is 2.13. The Balaban J connectivity index is 4.22. The molecule has 0 spiro atoms. The maximum atomic E-state index is 5.47. The fourth-order valence-corrected chi connectivity index (χ4v) is 4.46. The number of methoxy groups -OCH3 is 2. The molecule has 4 unspecified atom stereocenters. The van der Waals surface area contributed by atoms with E-state index in [1.165, 1.54) is 36.8 Å². The minimum Gasteiger partial charge on any atom is -0.378 e. The molecule has 0 saturated carbocycles. The summed E-state index contributed by atoms with van der Waals surface area (Å²) < 4.78 is 10.9. The van der Waals surface area contributed by atoms with Gasteiger partial charge in [0.05, 0.1) is 11.2 Å². The van der Waals surface area contributed by atoms with E-state index in [4.69, 9.17) is 9.47 Å². The molecule has 0 N–H and O–H groups in total. The van der Waals surface area contributed by atoms with Crippen LogP contribution in [0.3, 0.4) is 0 Å². The first kappa shape index (κ1) is 41.8. The largest absolute Gasteiger partial charge is 0.378 e. The van der Waals surface area contributed by atoms with Crippen molar-refractivity contribution in [2.75, 3.05) is 14.2 Å². The Morgan fingerprint density at radius 2 is 1.07 bits per heavy atom. The van der Waals surface area contributed by atoms with Crippen molar-refractivity contribution >= 4 is 0 Å². The molecule has 44 heavy (non-hydrogen) atoms. The predicted octanol–water partition coefficient (Wildman–Crippen LogP) is 12.7. The van der Waals surface area contributed by atoms with Crippen LogP contribution >= 0.6 is 0 Å². The molecule has 2 heteroatoms. The fraction of sp³-hybridized carbons (Fsp3) is 0.619. The van der Waals surface area contributed by atoms with Crippen molar-refractivity contribution in [3.05, 3.63) is 96.2 Å². The van der Waals surface area contributed by atoms with Gasteiger partial charge in [0.2, 0.25) is 0 Å². The monoisotopic (exact) mass is 607 g/mol. The highest BCUT2D eigenvalue weighted by Crippen LogP contribution is 2.19. The van der Waals surface area contributed by atoms with Crippen LogP contribution < -0.4 is 0 Å². The molecule has 0 rings (SSSR count). The lowest BCUT2D eigenvalue weighted by Gasteiger charge is -2.20. The molecule has 4 atom stereocenters. The summed E-state index contributed by atoms with van der Waals surface area (Å²) in [4.78, 5) is 0. The quantitative estimate of drug-likeness (QED) is 0.0851. The molecule has 0 amide bonds. The lowest BCUT2D eigenvalue weighted by atomic mass is 9.95. The molecular weight excluding hydrogens is 536 g/mol. The van der Waals surface area contributed by atoms with E-state index >= 15 is 0 Å². The Morgan fingerprint density at radius 1 is 0.591 bits per heavy atom. The van der Waals surface area contributed by atoms with Gasteiger partial charge in [-0.3, -0.25) is 0 Å². The smallest absolute Gasteiger partial charge is 0.0657 e. The molecule has 0 aromatic heterocycles. The van der Waals surface area contributed by atoms with Crippen molar-refractivity contribution in [1.29, 1.82) is 0 Å². The minimum absolute atomic E-state index is 0.0971. The topological polar surface area (TPSA) is 18.5 Å². The maximum Gasteiger partial charge on any atom is 0.0657 e. The van der Waals surface area contributed by atoms with Crippen molar-refractivity contribution in [3.8, 4) is 0 Å². The summed E-state index contributed by atoms with van der Waals surface area (Å²) in [6.45, 7) is 22.1. The zero-order valence-corrected chi connectivity index (χ0v) is 30.9. The van der Waals surface area contributed by atoms with Gasteiger partial charge in [0.1, 0.15) is 0 Å². The molecule has 0 aromatic rings. The zero-order chi connectivity index (χ0) is 33.4. The Bertz CT molecular complexity index is 979. The van der Waals surface area contributed by atoms with Gasteiger partial charge in [-0.2, -0.15) is 0 Å².